The summed E-state index contributed by atoms with van der Waals surface area (Å²) >= 11 is 1.42. The maximum absolute atomic E-state index is 12.4. The van der Waals surface area contributed by atoms with Gasteiger partial charge in [0.1, 0.15) is 11.4 Å². The third-order valence-electron chi connectivity index (χ3n) is 4.54. The molecule has 0 radical (unpaired) electrons. The van der Waals surface area contributed by atoms with E-state index in [4.69, 9.17) is 0 Å². The average molecular weight is 353 g/mol. The van der Waals surface area contributed by atoms with Crippen LogP contribution < -0.4 is 5.32 Å². The fourth-order valence-corrected chi connectivity index (χ4v) is 4.10. The topological polar surface area (TPSA) is 72.7 Å². The van der Waals surface area contributed by atoms with Crippen molar-refractivity contribution in [2.45, 2.75) is 30.3 Å². The highest BCUT2D eigenvalue weighted by atomic mass is 32.2. The molecule has 1 atom stereocenters. The second-order valence-corrected chi connectivity index (χ2v) is 7.15. The van der Waals surface area contributed by atoms with Gasteiger partial charge in [0, 0.05) is 7.05 Å². The molecule has 128 valence electrons. The van der Waals surface area contributed by atoms with E-state index in [-0.39, 0.29) is 11.9 Å². The van der Waals surface area contributed by atoms with Crippen LogP contribution in [0, 0.1) is 0 Å². The Morgan fingerprint density at radius 1 is 1.36 bits per heavy atom. The molecule has 25 heavy (non-hydrogen) atoms. The molecule has 2 aromatic heterocycles. The van der Waals surface area contributed by atoms with Crippen molar-refractivity contribution in [2.24, 2.45) is 7.05 Å². The molecule has 0 saturated heterocycles. The Balaban J connectivity index is 1.43. The summed E-state index contributed by atoms with van der Waals surface area (Å²) in [5.74, 6) is 0.363. The SMILES string of the molecule is Cn1ncc2c(SCC(=O)N[C@H]3CCCc4ccccc43)ncnc21. The number of benzene rings is 1. The number of aryl methyl sites for hydroxylation is 2. The molecule has 2 heterocycles. The number of rotatable bonds is 4. The van der Waals surface area contributed by atoms with E-state index in [2.05, 4.69) is 38.6 Å². The first-order valence-electron chi connectivity index (χ1n) is 8.35. The summed E-state index contributed by atoms with van der Waals surface area (Å²) < 4.78 is 1.71. The number of fused-ring (bicyclic) bond motifs is 2. The van der Waals surface area contributed by atoms with Crippen LogP contribution in [-0.2, 0) is 18.3 Å². The first-order valence-corrected chi connectivity index (χ1v) is 9.33. The Bertz CT molecular complexity index is 923. The minimum Gasteiger partial charge on any atom is -0.349 e. The molecule has 7 heteroatoms. The zero-order valence-electron chi connectivity index (χ0n) is 14.0. The standard InChI is InChI=1S/C18H19N5OS/c1-23-17-14(9-21-23)18(20-11-19-17)25-10-16(24)22-15-8-4-6-12-5-2-3-7-13(12)15/h2-3,5,7,9,11,15H,4,6,8,10H2,1H3,(H,22,24)/t15-/m0/s1. The Morgan fingerprint density at radius 3 is 3.16 bits per heavy atom. The van der Waals surface area contributed by atoms with Crippen LogP contribution in [0.3, 0.4) is 0 Å². The summed E-state index contributed by atoms with van der Waals surface area (Å²) in [6.07, 6.45) is 6.46. The third-order valence-corrected chi connectivity index (χ3v) is 5.54. The number of hydrogen-bond acceptors (Lipinski definition) is 5. The van der Waals surface area contributed by atoms with Gasteiger partial charge in [0.25, 0.3) is 0 Å². The van der Waals surface area contributed by atoms with Gasteiger partial charge in [-0.1, -0.05) is 36.0 Å². The summed E-state index contributed by atoms with van der Waals surface area (Å²) in [6, 6.07) is 8.49. The summed E-state index contributed by atoms with van der Waals surface area (Å²) in [5.41, 5.74) is 3.38. The lowest BCUT2D eigenvalue weighted by Crippen LogP contribution is -2.32. The largest absolute Gasteiger partial charge is 0.349 e. The Morgan fingerprint density at radius 2 is 2.24 bits per heavy atom. The third kappa shape index (κ3) is 3.24. The van der Waals surface area contributed by atoms with Crippen molar-refractivity contribution in [2.75, 3.05) is 5.75 Å². The van der Waals surface area contributed by atoms with E-state index < -0.39 is 0 Å². The second-order valence-electron chi connectivity index (χ2n) is 6.18. The lowest BCUT2D eigenvalue weighted by Gasteiger charge is -2.26. The van der Waals surface area contributed by atoms with Crippen LogP contribution in [0.5, 0.6) is 0 Å². The van der Waals surface area contributed by atoms with Crippen LogP contribution in [0.2, 0.25) is 0 Å². The van der Waals surface area contributed by atoms with Crippen molar-refractivity contribution in [3.63, 3.8) is 0 Å². The number of hydrogen-bond donors (Lipinski definition) is 1. The molecule has 1 N–H and O–H groups in total. The smallest absolute Gasteiger partial charge is 0.230 e. The van der Waals surface area contributed by atoms with E-state index in [1.54, 1.807) is 10.9 Å². The lowest BCUT2D eigenvalue weighted by molar-refractivity contribution is -0.119. The quantitative estimate of drug-likeness (QED) is 0.577. The van der Waals surface area contributed by atoms with Gasteiger partial charge < -0.3 is 5.32 Å². The highest BCUT2D eigenvalue weighted by Crippen LogP contribution is 2.30. The average Bonchev–Trinajstić information content (AvgIpc) is 3.02. The fraction of sp³-hybridized carbons (Fsp3) is 0.333. The van der Waals surface area contributed by atoms with Gasteiger partial charge in [-0.15, -0.1) is 0 Å². The highest BCUT2D eigenvalue weighted by molar-refractivity contribution is 8.00. The molecular formula is C18H19N5OS. The van der Waals surface area contributed by atoms with Crippen LogP contribution in [-0.4, -0.2) is 31.4 Å². The molecule has 6 nitrogen and oxygen atoms in total. The molecule has 1 amide bonds. The fourth-order valence-electron chi connectivity index (χ4n) is 3.33. The molecule has 0 aliphatic heterocycles. The number of nitrogens with zero attached hydrogens (tertiary/aromatic N) is 4. The number of carbonyl (C=O) groups excluding carboxylic acids is 1. The van der Waals surface area contributed by atoms with Gasteiger partial charge in [-0.25, -0.2) is 9.97 Å². The molecule has 1 aliphatic carbocycles. The first-order chi connectivity index (χ1) is 12.2. The Hall–Kier alpha value is -2.41. The number of aromatic nitrogens is 4. The number of nitrogens with one attached hydrogen (secondary N) is 1. The maximum Gasteiger partial charge on any atom is 0.230 e. The molecular weight excluding hydrogens is 334 g/mol. The predicted molar refractivity (Wildman–Crippen MR) is 97.3 cm³/mol. The van der Waals surface area contributed by atoms with Crippen LogP contribution in [0.15, 0.2) is 41.8 Å². The van der Waals surface area contributed by atoms with Crippen molar-refractivity contribution in [1.29, 1.82) is 0 Å². The van der Waals surface area contributed by atoms with Crippen LogP contribution in [0.4, 0.5) is 0 Å². The second kappa shape index (κ2) is 6.84. The lowest BCUT2D eigenvalue weighted by atomic mass is 9.88. The Labute approximate surface area is 150 Å². The molecule has 0 bridgehead atoms. The molecule has 0 spiro atoms. The van der Waals surface area contributed by atoms with E-state index in [9.17, 15) is 4.79 Å². The number of thioether (sulfide) groups is 1. The van der Waals surface area contributed by atoms with Crippen LogP contribution >= 0.6 is 11.8 Å². The first kappa shape index (κ1) is 16.1. The van der Waals surface area contributed by atoms with Gasteiger partial charge in [-0.3, -0.25) is 9.48 Å². The van der Waals surface area contributed by atoms with E-state index in [1.807, 2.05) is 13.1 Å². The molecule has 0 saturated carbocycles. The van der Waals surface area contributed by atoms with Crippen molar-refractivity contribution in [3.8, 4) is 0 Å². The van der Waals surface area contributed by atoms with Crippen molar-refractivity contribution >= 4 is 28.7 Å². The zero-order chi connectivity index (χ0) is 17.2. The molecule has 1 aromatic carbocycles. The molecule has 3 aromatic rings. The van der Waals surface area contributed by atoms with E-state index in [1.165, 1.54) is 29.2 Å². The molecule has 0 fully saturated rings. The number of carbonyl (C=O) groups is 1. The van der Waals surface area contributed by atoms with E-state index in [0.717, 1.165) is 35.3 Å². The highest BCUT2D eigenvalue weighted by Gasteiger charge is 2.21. The van der Waals surface area contributed by atoms with Gasteiger partial charge in [0.2, 0.25) is 5.91 Å². The molecule has 4 rings (SSSR count). The zero-order valence-corrected chi connectivity index (χ0v) is 14.8. The van der Waals surface area contributed by atoms with Crippen molar-refractivity contribution in [3.05, 3.63) is 47.9 Å². The minimum atomic E-state index is 0.0300. The van der Waals surface area contributed by atoms with Crippen molar-refractivity contribution < 1.29 is 4.79 Å². The van der Waals surface area contributed by atoms with Gasteiger partial charge in [0.15, 0.2) is 5.65 Å². The normalized spacial score (nSPS) is 16.6. The predicted octanol–water partition coefficient (Wildman–Crippen LogP) is 2.65. The summed E-state index contributed by atoms with van der Waals surface area (Å²) in [5, 5.41) is 9.05. The summed E-state index contributed by atoms with van der Waals surface area (Å²) in [6.45, 7) is 0. The maximum atomic E-state index is 12.4. The van der Waals surface area contributed by atoms with Crippen LogP contribution in [0.25, 0.3) is 11.0 Å². The number of amides is 1. The van der Waals surface area contributed by atoms with Crippen molar-refractivity contribution in [1.82, 2.24) is 25.1 Å². The van der Waals surface area contributed by atoms with Gasteiger partial charge in [-0.2, -0.15) is 5.10 Å². The molecule has 1 aliphatic rings. The molecule has 0 unspecified atom stereocenters. The van der Waals surface area contributed by atoms with Crippen LogP contribution in [0.1, 0.15) is 30.0 Å². The van der Waals surface area contributed by atoms with E-state index in [0.29, 0.717) is 5.75 Å². The monoisotopic (exact) mass is 353 g/mol. The summed E-state index contributed by atoms with van der Waals surface area (Å²) in [4.78, 5) is 21.0. The summed E-state index contributed by atoms with van der Waals surface area (Å²) in [7, 11) is 1.84. The van der Waals surface area contributed by atoms with E-state index >= 15 is 0 Å². The van der Waals surface area contributed by atoms with Gasteiger partial charge >= 0.3 is 0 Å². The van der Waals surface area contributed by atoms with Gasteiger partial charge in [0.05, 0.1) is 23.4 Å². The Kier molecular flexibility index (Phi) is 4.40. The van der Waals surface area contributed by atoms with Gasteiger partial charge in [-0.05, 0) is 30.4 Å². The minimum absolute atomic E-state index is 0.0300.